The molecule has 2 heterocycles. The summed E-state index contributed by atoms with van der Waals surface area (Å²) in [6.07, 6.45) is 4.66. The van der Waals surface area contributed by atoms with Crippen molar-refractivity contribution in [1.29, 1.82) is 0 Å². The number of hydrogen-bond acceptors (Lipinski definition) is 9. The van der Waals surface area contributed by atoms with E-state index in [2.05, 4.69) is 20.8 Å². The van der Waals surface area contributed by atoms with E-state index in [0.29, 0.717) is 17.7 Å². The fourth-order valence-corrected chi connectivity index (χ4v) is 8.12. The van der Waals surface area contributed by atoms with Gasteiger partial charge >= 0.3 is 0 Å². The highest BCUT2D eigenvalue weighted by atomic mass is 32.2. The summed E-state index contributed by atoms with van der Waals surface area (Å²) in [4.78, 5) is 1.99. The molecule has 0 radical (unpaired) electrons. The average Bonchev–Trinajstić information content (AvgIpc) is 3.53. The quantitative estimate of drug-likeness (QED) is 0.442. The molecule has 3 aromatic rings. The summed E-state index contributed by atoms with van der Waals surface area (Å²) in [5.74, 6) is 1.10. The van der Waals surface area contributed by atoms with Crippen LogP contribution in [0.3, 0.4) is 0 Å². The number of benzene rings is 2. The number of methoxy groups -OCH3 is 2. The third kappa shape index (κ3) is 4.10. The molecule has 0 unspecified atom stereocenters. The number of hydrogen-bond donors (Lipinski definition) is 1. The molecule has 2 fully saturated rings. The third-order valence-electron chi connectivity index (χ3n) is 7.83. The van der Waals surface area contributed by atoms with Crippen LogP contribution in [-0.4, -0.2) is 60.8 Å². The third-order valence-corrected chi connectivity index (χ3v) is 10.2. The van der Waals surface area contributed by atoms with E-state index >= 15 is 0 Å². The summed E-state index contributed by atoms with van der Waals surface area (Å²) in [6.45, 7) is 0.777. The van der Waals surface area contributed by atoms with Crippen molar-refractivity contribution in [3.63, 3.8) is 0 Å². The number of nitrogens with one attached hydrogen (secondary N) is 1. The van der Waals surface area contributed by atoms with Gasteiger partial charge in [0, 0.05) is 41.1 Å². The van der Waals surface area contributed by atoms with E-state index in [1.54, 1.807) is 18.2 Å². The standard InChI is InChI=1S/C26H29N3O7S2/c1-34-21-5-4-6-22(35-2)24(21)38(32,33)28-25-19-14-26(10-11-26)20-8-7-16(13-18(20)23(19)36-27-25)29-12-9-17(29)15-37(3,30)31/h4-8,13,17H,9-12,14-15H2,1-3H3,(H,27,28)/t17-/m0/s1. The Kier molecular flexibility index (Phi) is 5.69. The van der Waals surface area contributed by atoms with Crippen molar-refractivity contribution < 1.29 is 30.8 Å². The molecule has 6 rings (SSSR count). The zero-order chi connectivity index (χ0) is 26.9. The van der Waals surface area contributed by atoms with Gasteiger partial charge in [0.05, 0.1) is 20.0 Å². The minimum atomic E-state index is -4.13. The van der Waals surface area contributed by atoms with Crippen LogP contribution < -0.4 is 19.1 Å². The lowest BCUT2D eigenvalue weighted by atomic mass is 9.79. The Morgan fingerprint density at radius 1 is 1.11 bits per heavy atom. The maximum Gasteiger partial charge on any atom is 0.270 e. The van der Waals surface area contributed by atoms with Gasteiger partial charge in [0.1, 0.15) is 21.3 Å². The monoisotopic (exact) mass is 559 g/mol. The van der Waals surface area contributed by atoms with Crippen LogP contribution in [0.15, 0.2) is 45.8 Å². The van der Waals surface area contributed by atoms with Crippen molar-refractivity contribution in [2.24, 2.45) is 0 Å². The number of sulfone groups is 1. The Balaban J connectivity index is 1.38. The van der Waals surface area contributed by atoms with Crippen LogP contribution in [0, 0.1) is 0 Å². The molecule has 12 heteroatoms. The Morgan fingerprint density at radius 2 is 1.82 bits per heavy atom. The molecule has 0 bridgehead atoms. The molecule has 1 aromatic heterocycles. The Hall–Kier alpha value is -3.25. The van der Waals surface area contributed by atoms with Gasteiger partial charge in [0.25, 0.3) is 10.0 Å². The van der Waals surface area contributed by atoms with Crippen LogP contribution in [0.5, 0.6) is 11.5 Å². The lowest BCUT2D eigenvalue weighted by Crippen LogP contribution is -2.51. The molecule has 2 aromatic carbocycles. The molecule has 1 aliphatic heterocycles. The van der Waals surface area contributed by atoms with Crippen LogP contribution >= 0.6 is 0 Å². The van der Waals surface area contributed by atoms with Gasteiger partial charge in [-0.15, -0.1) is 0 Å². The van der Waals surface area contributed by atoms with Gasteiger partial charge in [0.2, 0.25) is 0 Å². The van der Waals surface area contributed by atoms with Gasteiger partial charge in [-0.2, -0.15) is 0 Å². The van der Waals surface area contributed by atoms with Crippen molar-refractivity contribution in [2.75, 3.05) is 42.4 Å². The number of aromatic nitrogens is 1. The second-order valence-electron chi connectivity index (χ2n) is 10.4. The van der Waals surface area contributed by atoms with Crippen molar-refractivity contribution in [1.82, 2.24) is 5.16 Å². The van der Waals surface area contributed by atoms with Crippen molar-refractivity contribution >= 4 is 31.4 Å². The number of rotatable bonds is 8. The summed E-state index contributed by atoms with van der Waals surface area (Å²) in [7, 11) is -4.43. The van der Waals surface area contributed by atoms with Crippen molar-refractivity contribution in [3.05, 3.63) is 47.5 Å². The first-order valence-corrected chi connectivity index (χ1v) is 15.9. The molecular weight excluding hydrogens is 530 g/mol. The Labute approximate surface area is 221 Å². The molecule has 0 amide bonds. The molecule has 1 saturated heterocycles. The van der Waals surface area contributed by atoms with Crippen LogP contribution in [0.4, 0.5) is 11.5 Å². The zero-order valence-electron chi connectivity index (χ0n) is 21.4. The molecule has 38 heavy (non-hydrogen) atoms. The van der Waals surface area contributed by atoms with E-state index in [-0.39, 0.29) is 39.4 Å². The summed E-state index contributed by atoms with van der Waals surface area (Å²) in [6, 6.07) is 10.9. The van der Waals surface area contributed by atoms with Gasteiger partial charge in [0.15, 0.2) is 16.5 Å². The zero-order valence-corrected chi connectivity index (χ0v) is 23.0. The topological polar surface area (TPSA) is 128 Å². The Bertz CT molecular complexity index is 1620. The second kappa shape index (κ2) is 8.63. The largest absolute Gasteiger partial charge is 0.495 e. The first-order valence-electron chi connectivity index (χ1n) is 12.4. The summed E-state index contributed by atoms with van der Waals surface area (Å²) in [5, 5.41) is 4.14. The molecule has 1 N–H and O–H groups in total. The maximum absolute atomic E-state index is 13.5. The first-order chi connectivity index (χ1) is 18.0. The molecule has 2 aliphatic carbocycles. The van der Waals surface area contributed by atoms with E-state index in [1.165, 1.54) is 20.5 Å². The highest BCUT2D eigenvalue weighted by Crippen LogP contribution is 2.59. The maximum atomic E-state index is 13.5. The normalized spacial score (nSPS) is 19.3. The van der Waals surface area contributed by atoms with E-state index < -0.39 is 19.9 Å². The Morgan fingerprint density at radius 3 is 2.39 bits per heavy atom. The minimum absolute atomic E-state index is 0.0612. The number of nitrogens with zero attached hydrogens (tertiary/aromatic N) is 2. The first kappa shape index (κ1) is 25.1. The molecule has 1 spiro atoms. The molecule has 3 aliphatic rings. The van der Waals surface area contributed by atoms with Crippen LogP contribution in [-0.2, 0) is 31.7 Å². The predicted octanol–water partition coefficient (Wildman–Crippen LogP) is 3.37. The minimum Gasteiger partial charge on any atom is -0.495 e. The van der Waals surface area contributed by atoms with Gasteiger partial charge in [-0.05, 0) is 55.5 Å². The second-order valence-corrected chi connectivity index (χ2v) is 14.2. The lowest BCUT2D eigenvalue weighted by Gasteiger charge is -2.43. The van der Waals surface area contributed by atoms with Crippen LogP contribution in [0.25, 0.3) is 11.3 Å². The lowest BCUT2D eigenvalue weighted by molar-refractivity contribution is 0.373. The van der Waals surface area contributed by atoms with E-state index in [4.69, 9.17) is 14.0 Å². The molecule has 1 saturated carbocycles. The predicted molar refractivity (Wildman–Crippen MR) is 142 cm³/mol. The van der Waals surface area contributed by atoms with Crippen molar-refractivity contribution in [2.45, 2.75) is 42.0 Å². The summed E-state index contributed by atoms with van der Waals surface area (Å²) >= 11 is 0. The smallest absolute Gasteiger partial charge is 0.270 e. The van der Waals surface area contributed by atoms with Gasteiger partial charge in [-0.1, -0.05) is 17.3 Å². The molecule has 202 valence electrons. The highest BCUT2D eigenvalue weighted by Gasteiger charge is 2.51. The number of fused-ring (bicyclic) bond motifs is 4. The number of sulfonamides is 1. The van der Waals surface area contributed by atoms with E-state index in [0.717, 1.165) is 42.6 Å². The summed E-state index contributed by atoms with van der Waals surface area (Å²) < 4.78 is 69.7. The van der Waals surface area contributed by atoms with Gasteiger partial charge in [-0.3, -0.25) is 4.72 Å². The molecular formula is C26H29N3O7S2. The van der Waals surface area contributed by atoms with Gasteiger partial charge < -0.3 is 18.9 Å². The highest BCUT2D eigenvalue weighted by molar-refractivity contribution is 7.93. The fourth-order valence-electron chi connectivity index (χ4n) is 5.72. The number of anilines is 2. The summed E-state index contributed by atoms with van der Waals surface area (Å²) in [5.41, 5.74) is 3.57. The number of ether oxygens (including phenoxy) is 2. The molecule has 1 atom stereocenters. The van der Waals surface area contributed by atoms with Crippen LogP contribution in [0.1, 0.15) is 30.4 Å². The van der Waals surface area contributed by atoms with Gasteiger partial charge in [-0.25, -0.2) is 16.8 Å². The van der Waals surface area contributed by atoms with Crippen molar-refractivity contribution in [3.8, 4) is 22.8 Å². The SMILES string of the molecule is COc1cccc(OC)c1S(=O)(=O)Nc1noc2c1CC1(CC1)c1ccc(N3CC[C@H]3CS(C)(=O)=O)cc1-2. The van der Waals surface area contributed by atoms with E-state index in [9.17, 15) is 16.8 Å². The fraction of sp³-hybridized carbons (Fsp3) is 0.423. The van der Waals surface area contributed by atoms with Crippen LogP contribution in [0.2, 0.25) is 0 Å². The van der Waals surface area contributed by atoms with E-state index in [1.807, 2.05) is 12.1 Å². The average molecular weight is 560 g/mol. The molecule has 10 nitrogen and oxygen atoms in total.